The molecule has 0 spiro atoms. The first kappa shape index (κ1) is 34.3. The van der Waals surface area contributed by atoms with Crippen molar-refractivity contribution in [1.29, 1.82) is 0 Å². The number of carbonyl (C=O) groups excluding carboxylic acids is 4. The average Bonchev–Trinajstić information content (AvgIpc) is 3.16. The maximum Gasteiger partial charge on any atom is 0.270 e. The van der Waals surface area contributed by atoms with Crippen LogP contribution in [-0.4, -0.2) is 91.5 Å². The molecular weight excluding hydrogens is 696 g/mol. The third-order valence-electron chi connectivity index (χ3n) is 10.0. The molecule has 2 atom stereocenters. The number of nitro groups is 2. The van der Waals surface area contributed by atoms with Gasteiger partial charge in [0.25, 0.3) is 35.0 Å². The van der Waals surface area contributed by atoms with E-state index in [-0.39, 0.29) is 46.7 Å². The van der Waals surface area contributed by atoms with E-state index in [0.29, 0.717) is 56.4 Å². The molecular formula is C38H30N8O8. The lowest BCUT2D eigenvalue weighted by molar-refractivity contribution is -0.384. The van der Waals surface area contributed by atoms with E-state index in [1.807, 2.05) is 0 Å². The van der Waals surface area contributed by atoms with E-state index >= 15 is 0 Å². The highest BCUT2D eigenvalue weighted by Crippen LogP contribution is 2.39. The molecule has 8 rings (SSSR count). The number of imide groups is 2. The van der Waals surface area contributed by atoms with Gasteiger partial charge in [0.05, 0.1) is 32.0 Å². The zero-order valence-electron chi connectivity index (χ0n) is 28.9. The van der Waals surface area contributed by atoms with Crippen molar-refractivity contribution in [2.75, 3.05) is 26.2 Å². The molecule has 0 bridgehead atoms. The highest BCUT2D eigenvalue weighted by atomic mass is 16.6. The third kappa shape index (κ3) is 5.38. The molecule has 4 amide bonds. The number of carbonyl (C=O) groups is 4. The molecule has 54 heavy (non-hydrogen) atoms. The Bertz CT molecular complexity index is 2500. The van der Waals surface area contributed by atoms with Crippen LogP contribution in [-0.2, 0) is 0 Å². The quantitative estimate of drug-likeness (QED) is 0.0609. The van der Waals surface area contributed by atoms with E-state index in [1.54, 1.807) is 62.6 Å². The number of nitrogens with zero attached hydrogens (tertiary/aromatic N) is 6. The van der Waals surface area contributed by atoms with E-state index in [9.17, 15) is 39.4 Å². The van der Waals surface area contributed by atoms with Crippen molar-refractivity contribution < 1.29 is 29.0 Å². The van der Waals surface area contributed by atoms with Crippen LogP contribution in [0.15, 0.2) is 73.1 Å². The number of fused-ring (bicyclic) bond motifs is 4. The van der Waals surface area contributed by atoms with E-state index in [0.717, 1.165) is 9.80 Å². The molecule has 16 heteroatoms. The molecule has 2 N–H and O–H groups in total. The van der Waals surface area contributed by atoms with Crippen molar-refractivity contribution >= 4 is 78.4 Å². The van der Waals surface area contributed by atoms with Crippen molar-refractivity contribution in [3.05, 3.63) is 116 Å². The fraction of sp³-hybridized carbons (Fsp3) is 0.211. The molecule has 0 saturated carbocycles. The molecule has 2 aromatic heterocycles. The SMILES string of the molecule is C[C@H](CNCCNC[C@H](C)N1C(=O)c2cc([N+](=O)[O-])cc3c2c(cc2cccnc23)C1=O)N1C(=O)c2cc([N+](=O)[O-])cc3c2c(cc2cccnc23)C1=O. The van der Waals surface area contributed by atoms with E-state index in [4.69, 9.17) is 0 Å². The Morgan fingerprint density at radius 1 is 0.611 bits per heavy atom. The van der Waals surface area contributed by atoms with Crippen LogP contribution in [0.3, 0.4) is 0 Å². The van der Waals surface area contributed by atoms with Crippen LogP contribution in [0.25, 0.3) is 43.4 Å². The second-order valence-electron chi connectivity index (χ2n) is 13.4. The van der Waals surface area contributed by atoms with Gasteiger partial charge < -0.3 is 10.6 Å². The Labute approximate surface area is 305 Å². The van der Waals surface area contributed by atoms with Gasteiger partial charge in [0, 0.05) is 118 Å². The fourth-order valence-electron chi connectivity index (χ4n) is 7.55. The summed E-state index contributed by atoms with van der Waals surface area (Å²) in [4.78, 5) is 88.5. The molecule has 16 nitrogen and oxygen atoms in total. The van der Waals surface area contributed by atoms with Crippen molar-refractivity contribution in [2.24, 2.45) is 0 Å². The van der Waals surface area contributed by atoms with Gasteiger partial charge in [-0.25, -0.2) is 0 Å². The number of hydrogen-bond donors (Lipinski definition) is 2. The highest BCUT2D eigenvalue weighted by Gasteiger charge is 2.39. The molecule has 6 aromatic rings. The summed E-state index contributed by atoms with van der Waals surface area (Å²) in [6.07, 6.45) is 3.10. The van der Waals surface area contributed by atoms with Gasteiger partial charge in [0.2, 0.25) is 0 Å². The second-order valence-corrected chi connectivity index (χ2v) is 13.4. The predicted octanol–water partition coefficient (Wildman–Crippen LogP) is 4.75. The average molecular weight is 727 g/mol. The Kier molecular flexibility index (Phi) is 8.27. The van der Waals surface area contributed by atoms with Crippen molar-refractivity contribution in [3.63, 3.8) is 0 Å². The number of amides is 4. The summed E-state index contributed by atoms with van der Waals surface area (Å²) in [5.74, 6) is -2.30. The van der Waals surface area contributed by atoms with E-state index in [1.165, 1.54) is 24.3 Å². The summed E-state index contributed by atoms with van der Waals surface area (Å²) >= 11 is 0. The minimum Gasteiger partial charge on any atom is -0.313 e. The van der Waals surface area contributed by atoms with Crippen molar-refractivity contribution in [3.8, 4) is 0 Å². The first-order valence-electron chi connectivity index (χ1n) is 17.1. The van der Waals surface area contributed by atoms with Gasteiger partial charge in [-0.15, -0.1) is 0 Å². The third-order valence-corrected chi connectivity index (χ3v) is 10.0. The monoisotopic (exact) mass is 726 g/mol. The standard InChI is InChI=1S/C38H30N8O8/c1-19(43-35(47)27-11-21-5-3-7-41-33(21)25-13-23(45(51)52)15-29(31(25)27)37(43)49)17-39-9-10-40-18-20(2)44-36(48)28-12-22-6-4-8-42-34(22)26-14-24(46(53)54)16-30(32(26)28)38(44)50/h3-8,11-16,19-20,39-40H,9-10,17-18H2,1-2H3/t19-,20+. The van der Waals surface area contributed by atoms with Gasteiger partial charge >= 0.3 is 0 Å². The van der Waals surface area contributed by atoms with Crippen LogP contribution in [0, 0.1) is 20.2 Å². The second kappa shape index (κ2) is 13.0. The fourth-order valence-corrected chi connectivity index (χ4v) is 7.55. The van der Waals surface area contributed by atoms with Crippen LogP contribution in [0.1, 0.15) is 55.3 Å². The Morgan fingerprint density at radius 3 is 1.35 bits per heavy atom. The van der Waals surface area contributed by atoms with Crippen LogP contribution in [0.4, 0.5) is 11.4 Å². The number of pyridine rings is 2. The molecule has 0 radical (unpaired) electrons. The summed E-state index contributed by atoms with van der Waals surface area (Å²) in [5, 5.41) is 32.7. The number of nitrogens with one attached hydrogen (secondary N) is 2. The zero-order valence-corrected chi connectivity index (χ0v) is 28.9. The van der Waals surface area contributed by atoms with Crippen LogP contribution in [0.5, 0.6) is 0 Å². The molecule has 4 aromatic carbocycles. The molecule has 2 aliphatic rings. The summed E-state index contributed by atoms with van der Waals surface area (Å²) in [5.41, 5.74) is 0.993. The number of rotatable bonds is 11. The Hall–Kier alpha value is -6.78. The lowest BCUT2D eigenvalue weighted by atomic mass is 9.90. The minimum atomic E-state index is -0.638. The Morgan fingerprint density at radius 2 is 0.981 bits per heavy atom. The van der Waals surface area contributed by atoms with Crippen molar-refractivity contribution in [1.82, 2.24) is 30.4 Å². The van der Waals surface area contributed by atoms with Gasteiger partial charge in [-0.1, -0.05) is 12.1 Å². The number of non-ortho nitro benzene ring substituents is 2. The summed E-state index contributed by atoms with van der Waals surface area (Å²) in [6.45, 7) is 4.60. The number of hydrogen-bond acceptors (Lipinski definition) is 12. The largest absolute Gasteiger partial charge is 0.313 e. The van der Waals surface area contributed by atoms with Gasteiger partial charge in [-0.05, 0) is 38.1 Å². The molecule has 0 unspecified atom stereocenters. The Balaban J connectivity index is 0.937. The first-order valence-corrected chi connectivity index (χ1v) is 17.1. The van der Waals surface area contributed by atoms with Gasteiger partial charge in [-0.3, -0.25) is 59.2 Å². The lowest BCUT2D eigenvalue weighted by Crippen LogP contribution is -2.51. The number of aromatic nitrogens is 2. The zero-order chi connectivity index (χ0) is 38.0. The molecule has 270 valence electrons. The maximum atomic E-state index is 13.8. The molecule has 4 heterocycles. The molecule has 0 saturated heterocycles. The summed E-state index contributed by atoms with van der Waals surface area (Å²) < 4.78 is 0. The lowest BCUT2D eigenvalue weighted by Gasteiger charge is -2.32. The van der Waals surface area contributed by atoms with Crippen molar-refractivity contribution in [2.45, 2.75) is 25.9 Å². The van der Waals surface area contributed by atoms with Crippen LogP contribution in [0.2, 0.25) is 0 Å². The minimum absolute atomic E-state index is 0.0592. The topological polar surface area (TPSA) is 211 Å². The predicted molar refractivity (Wildman–Crippen MR) is 197 cm³/mol. The maximum absolute atomic E-state index is 13.8. The van der Waals surface area contributed by atoms with Gasteiger partial charge in [0.15, 0.2) is 0 Å². The van der Waals surface area contributed by atoms with E-state index in [2.05, 4.69) is 20.6 Å². The van der Waals surface area contributed by atoms with E-state index < -0.39 is 45.6 Å². The van der Waals surface area contributed by atoms with Gasteiger partial charge in [-0.2, -0.15) is 0 Å². The first-order chi connectivity index (χ1) is 26.0. The summed E-state index contributed by atoms with van der Waals surface area (Å²) in [6, 6.07) is 14.1. The van der Waals surface area contributed by atoms with Gasteiger partial charge in [0.1, 0.15) is 0 Å². The molecule has 0 fully saturated rings. The number of benzene rings is 4. The van der Waals surface area contributed by atoms with Crippen LogP contribution < -0.4 is 10.6 Å². The normalized spacial score (nSPS) is 15.1. The molecule has 2 aliphatic heterocycles. The smallest absolute Gasteiger partial charge is 0.270 e. The van der Waals surface area contributed by atoms with Crippen LogP contribution >= 0.6 is 0 Å². The highest BCUT2D eigenvalue weighted by molar-refractivity contribution is 6.30. The number of nitro benzene ring substituents is 2. The summed E-state index contributed by atoms with van der Waals surface area (Å²) in [7, 11) is 0. The molecule has 0 aliphatic carbocycles.